The molecule has 2 aromatic carbocycles. The van der Waals surface area contributed by atoms with Crippen LogP contribution in [0.1, 0.15) is 5.69 Å². The molecule has 0 bridgehead atoms. The van der Waals surface area contributed by atoms with Gasteiger partial charge in [0.1, 0.15) is 11.6 Å². The van der Waals surface area contributed by atoms with Crippen LogP contribution >= 0.6 is 22.9 Å². The minimum absolute atomic E-state index is 0.0397. The molecule has 2 N–H and O–H groups in total. The summed E-state index contributed by atoms with van der Waals surface area (Å²) >= 11 is 7.60. The molecule has 0 spiro atoms. The average molecular weight is 387 g/mol. The standard InChI is InChI=1S/C19H15ClN2O3S/c20-13-6-7-15(16(8-13)12-4-2-1-3-5-12)19-22-14(11-26-19)9-17(23)21-10-18(24)25/h1-8,11H,9-10H2,(H,21,23)(H,24,25). The maximum atomic E-state index is 11.8. The molecule has 0 fully saturated rings. The van der Waals surface area contributed by atoms with Crippen molar-refractivity contribution in [3.63, 3.8) is 0 Å². The molecule has 0 unspecified atom stereocenters. The average Bonchev–Trinajstić information content (AvgIpc) is 3.09. The van der Waals surface area contributed by atoms with Gasteiger partial charge < -0.3 is 10.4 Å². The van der Waals surface area contributed by atoms with Crippen LogP contribution in [-0.4, -0.2) is 28.5 Å². The number of hydrogen-bond donors (Lipinski definition) is 2. The van der Waals surface area contributed by atoms with Crippen molar-refractivity contribution >= 4 is 34.8 Å². The predicted molar refractivity (Wildman–Crippen MR) is 102 cm³/mol. The number of halogens is 1. The first kappa shape index (κ1) is 18.1. The molecule has 5 nitrogen and oxygen atoms in total. The van der Waals surface area contributed by atoms with Gasteiger partial charge in [-0.25, -0.2) is 4.98 Å². The highest BCUT2D eigenvalue weighted by Gasteiger charge is 2.14. The molecule has 1 heterocycles. The number of amides is 1. The monoisotopic (exact) mass is 386 g/mol. The van der Waals surface area contributed by atoms with E-state index in [0.717, 1.165) is 21.7 Å². The Hall–Kier alpha value is -2.70. The van der Waals surface area contributed by atoms with Crippen LogP contribution in [0, 0.1) is 0 Å². The smallest absolute Gasteiger partial charge is 0.322 e. The molecule has 0 aliphatic heterocycles. The quantitative estimate of drug-likeness (QED) is 0.673. The Morgan fingerprint density at radius 3 is 2.62 bits per heavy atom. The van der Waals surface area contributed by atoms with Gasteiger partial charge in [0, 0.05) is 16.0 Å². The molecule has 1 amide bonds. The number of nitrogens with one attached hydrogen (secondary N) is 1. The van der Waals surface area contributed by atoms with Crippen molar-refractivity contribution in [1.29, 1.82) is 0 Å². The summed E-state index contributed by atoms with van der Waals surface area (Å²) in [7, 11) is 0. The summed E-state index contributed by atoms with van der Waals surface area (Å²) in [6.45, 7) is -0.398. The fourth-order valence-electron chi connectivity index (χ4n) is 2.47. The van der Waals surface area contributed by atoms with E-state index < -0.39 is 12.5 Å². The Balaban J connectivity index is 1.86. The Kier molecular flexibility index (Phi) is 5.65. The molecule has 1 aromatic heterocycles. The molecule has 7 heteroatoms. The lowest BCUT2D eigenvalue weighted by Crippen LogP contribution is -2.30. The third kappa shape index (κ3) is 4.47. The lowest BCUT2D eigenvalue weighted by atomic mass is 10.00. The highest BCUT2D eigenvalue weighted by Crippen LogP contribution is 2.35. The molecule has 0 radical (unpaired) electrons. The molecule has 0 aliphatic carbocycles. The Morgan fingerprint density at radius 1 is 1.12 bits per heavy atom. The van der Waals surface area contributed by atoms with Gasteiger partial charge in [-0.1, -0.05) is 41.9 Å². The molecule has 0 saturated carbocycles. The fraction of sp³-hybridized carbons (Fsp3) is 0.105. The second-order valence-electron chi connectivity index (χ2n) is 5.55. The molecule has 26 heavy (non-hydrogen) atoms. The number of aliphatic carboxylic acids is 1. The van der Waals surface area contributed by atoms with E-state index in [1.165, 1.54) is 11.3 Å². The number of carbonyl (C=O) groups is 2. The largest absolute Gasteiger partial charge is 0.480 e. The van der Waals surface area contributed by atoms with Crippen molar-refractivity contribution in [2.75, 3.05) is 6.54 Å². The maximum absolute atomic E-state index is 11.8. The van der Waals surface area contributed by atoms with Crippen LogP contribution in [0.4, 0.5) is 0 Å². The van der Waals surface area contributed by atoms with Crippen molar-refractivity contribution in [3.05, 3.63) is 64.6 Å². The van der Waals surface area contributed by atoms with E-state index in [1.54, 1.807) is 5.38 Å². The zero-order valence-electron chi connectivity index (χ0n) is 13.6. The normalized spacial score (nSPS) is 10.5. The fourth-order valence-corrected chi connectivity index (χ4v) is 3.50. The number of carboxylic acid groups (broad SMARTS) is 1. The SMILES string of the molecule is O=C(O)CNC(=O)Cc1csc(-c2ccc(Cl)cc2-c2ccccc2)n1. The number of nitrogens with zero attached hydrogens (tertiary/aromatic N) is 1. The first-order valence-corrected chi connectivity index (χ1v) is 9.07. The van der Waals surface area contributed by atoms with E-state index >= 15 is 0 Å². The van der Waals surface area contributed by atoms with E-state index in [1.807, 2.05) is 48.5 Å². The van der Waals surface area contributed by atoms with Crippen LogP contribution in [0.15, 0.2) is 53.9 Å². The van der Waals surface area contributed by atoms with Gasteiger partial charge in [0.25, 0.3) is 0 Å². The molecule has 0 aliphatic rings. The van der Waals surface area contributed by atoms with Gasteiger partial charge >= 0.3 is 5.97 Å². The Bertz CT molecular complexity index is 941. The van der Waals surface area contributed by atoms with Crippen LogP contribution in [0.3, 0.4) is 0 Å². The van der Waals surface area contributed by atoms with Crippen LogP contribution in [0.5, 0.6) is 0 Å². The van der Waals surface area contributed by atoms with E-state index in [0.29, 0.717) is 10.7 Å². The summed E-state index contributed by atoms with van der Waals surface area (Å²) in [5.41, 5.74) is 3.53. The summed E-state index contributed by atoms with van der Waals surface area (Å²) < 4.78 is 0. The summed E-state index contributed by atoms with van der Waals surface area (Å²) in [6, 6.07) is 15.5. The summed E-state index contributed by atoms with van der Waals surface area (Å²) in [5, 5.41) is 14.2. The van der Waals surface area contributed by atoms with E-state index in [4.69, 9.17) is 16.7 Å². The van der Waals surface area contributed by atoms with Crippen molar-refractivity contribution < 1.29 is 14.7 Å². The lowest BCUT2D eigenvalue weighted by Gasteiger charge is -2.08. The molecular formula is C19H15ClN2O3S. The number of aromatic nitrogens is 1. The van der Waals surface area contributed by atoms with E-state index in [-0.39, 0.29) is 12.3 Å². The molecule has 132 valence electrons. The van der Waals surface area contributed by atoms with Crippen LogP contribution in [0.25, 0.3) is 21.7 Å². The third-order valence-electron chi connectivity index (χ3n) is 3.63. The number of carbonyl (C=O) groups excluding carboxylic acids is 1. The van der Waals surface area contributed by atoms with Gasteiger partial charge in [-0.15, -0.1) is 11.3 Å². The highest BCUT2D eigenvalue weighted by molar-refractivity contribution is 7.13. The Morgan fingerprint density at radius 2 is 1.88 bits per heavy atom. The zero-order valence-corrected chi connectivity index (χ0v) is 15.2. The number of carboxylic acids is 1. The summed E-state index contributed by atoms with van der Waals surface area (Å²) in [6.07, 6.45) is 0.0397. The molecule has 0 atom stereocenters. The summed E-state index contributed by atoms with van der Waals surface area (Å²) in [4.78, 5) is 26.8. The molecule has 3 aromatic rings. The van der Waals surface area contributed by atoms with Crippen molar-refractivity contribution in [2.45, 2.75) is 6.42 Å². The second-order valence-corrected chi connectivity index (χ2v) is 6.84. The number of thiazole rings is 1. The number of hydrogen-bond acceptors (Lipinski definition) is 4. The third-order valence-corrected chi connectivity index (χ3v) is 4.79. The van der Waals surface area contributed by atoms with Gasteiger partial charge in [-0.2, -0.15) is 0 Å². The maximum Gasteiger partial charge on any atom is 0.322 e. The Labute approximate surface area is 159 Å². The van der Waals surface area contributed by atoms with Crippen LogP contribution in [0.2, 0.25) is 5.02 Å². The van der Waals surface area contributed by atoms with Gasteiger partial charge in [0.2, 0.25) is 5.91 Å². The zero-order chi connectivity index (χ0) is 18.5. The first-order chi connectivity index (χ1) is 12.5. The van der Waals surface area contributed by atoms with Crippen molar-refractivity contribution in [3.8, 4) is 21.7 Å². The number of benzene rings is 2. The van der Waals surface area contributed by atoms with E-state index in [2.05, 4.69) is 10.3 Å². The topological polar surface area (TPSA) is 79.3 Å². The van der Waals surface area contributed by atoms with Gasteiger partial charge in [-0.05, 0) is 29.3 Å². The predicted octanol–water partition coefficient (Wildman–Crippen LogP) is 3.87. The second kappa shape index (κ2) is 8.12. The van der Waals surface area contributed by atoms with Crippen molar-refractivity contribution in [1.82, 2.24) is 10.3 Å². The van der Waals surface area contributed by atoms with E-state index in [9.17, 15) is 9.59 Å². The summed E-state index contributed by atoms with van der Waals surface area (Å²) in [5.74, 6) is -1.45. The van der Waals surface area contributed by atoms with Crippen LogP contribution in [-0.2, 0) is 16.0 Å². The van der Waals surface area contributed by atoms with Gasteiger partial charge in [-0.3, -0.25) is 9.59 Å². The number of rotatable bonds is 6. The molecular weight excluding hydrogens is 372 g/mol. The van der Waals surface area contributed by atoms with Gasteiger partial charge in [0.05, 0.1) is 12.1 Å². The lowest BCUT2D eigenvalue weighted by molar-refractivity contribution is -0.137. The van der Waals surface area contributed by atoms with Crippen molar-refractivity contribution in [2.24, 2.45) is 0 Å². The highest BCUT2D eigenvalue weighted by atomic mass is 35.5. The minimum Gasteiger partial charge on any atom is -0.480 e. The van der Waals surface area contributed by atoms with Gasteiger partial charge in [0.15, 0.2) is 0 Å². The molecule has 0 saturated heterocycles. The minimum atomic E-state index is -1.08. The first-order valence-electron chi connectivity index (χ1n) is 7.81. The molecule has 3 rings (SSSR count). The van der Waals surface area contributed by atoms with Crippen LogP contribution < -0.4 is 5.32 Å².